The van der Waals surface area contributed by atoms with Crippen molar-refractivity contribution in [1.82, 2.24) is 9.13 Å². The highest BCUT2D eigenvalue weighted by Gasteiger charge is 2.40. The van der Waals surface area contributed by atoms with Crippen LogP contribution in [0.5, 0.6) is 0 Å². The van der Waals surface area contributed by atoms with Gasteiger partial charge in [0, 0.05) is 44.0 Å². The molecule has 0 radical (unpaired) electrons. The van der Waals surface area contributed by atoms with Gasteiger partial charge < -0.3 is 9.13 Å². The summed E-state index contributed by atoms with van der Waals surface area (Å²) in [7, 11) is 0. The molecule has 0 atom stereocenters. The third-order valence-corrected chi connectivity index (χ3v) is 9.32. The number of nitrogens with zero attached hydrogens (tertiary/aromatic N) is 3. The summed E-state index contributed by atoms with van der Waals surface area (Å²) in [5.41, 5.74) is 14.2. The van der Waals surface area contributed by atoms with Crippen molar-refractivity contribution in [2.75, 3.05) is 0 Å². The first kappa shape index (κ1) is 21.3. The second-order valence-electron chi connectivity index (χ2n) is 11.2. The van der Waals surface area contributed by atoms with E-state index >= 15 is 0 Å². The average molecular weight is 517 g/mol. The lowest BCUT2D eigenvalue weighted by Crippen LogP contribution is -2.59. The molecule has 0 unspecified atom stereocenters. The Kier molecular flexibility index (Phi) is 3.82. The van der Waals surface area contributed by atoms with Crippen molar-refractivity contribution in [3.63, 3.8) is 0 Å². The van der Waals surface area contributed by atoms with Crippen LogP contribution in [-0.4, -0.2) is 15.8 Å². The molecule has 0 spiro atoms. The van der Waals surface area contributed by atoms with Crippen molar-refractivity contribution >= 4 is 72.4 Å². The maximum absolute atomic E-state index is 7.92. The molecule has 0 N–H and O–H groups in total. The van der Waals surface area contributed by atoms with Crippen molar-refractivity contribution in [1.29, 1.82) is 0 Å². The van der Waals surface area contributed by atoms with Crippen LogP contribution in [0.3, 0.4) is 0 Å². The topological polar surface area (TPSA) is 14.2 Å². The molecule has 6 aromatic carbocycles. The smallest absolute Gasteiger partial charge is 0.252 e. The summed E-state index contributed by atoms with van der Waals surface area (Å²) >= 11 is 0. The van der Waals surface area contributed by atoms with Gasteiger partial charge in [0.15, 0.2) is 5.69 Å². The van der Waals surface area contributed by atoms with Crippen molar-refractivity contribution in [3.05, 3.63) is 133 Å². The largest absolute Gasteiger partial charge is 0.310 e. The van der Waals surface area contributed by atoms with E-state index in [1.807, 2.05) is 18.2 Å². The molecule has 0 saturated carbocycles. The maximum Gasteiger partial charge on any atom is 0.252 e. The summed E-state index contributed by atoms with van der Waals surface area (Å²) in [6.07, 6.45) is 0. The minimum absolute atomic E-state index is 0.117. The van der Waals surface area contributed by atoms with Gasteiger partial charge in [-0.3, -0.25) is 0 Å². The maximum atomic E-state index is 7.92. The molecule has 4 heterocycles. The summed E-state index contributed by atoms with van der Waals surface area (Å²) in [5.74, 6) is 0. The van der Waals surface area contributed by atoms with Gasteiger partial charge in [-0.15, -0.1) is 0 Å². The summed E-state index contributed by atoms with van der Waals surface area (Å²) < 4.78 is 4.96. The monoisotopic (exact) mass is 517 g/mol. The van der Waals surface area contributed by atoms with Crippen LogP contribution in [-0.2, 0) is 0 Å². The van der Waals surface area contributed by atoms with E-state index < -0.39 is 0 Å². The van der Waals surface area contributed by atoms with E-state index in [0.29, 0.717) is 5.69 Å². The lowest BCUT2D eigenvalue weighted by molar-refractivity contribution is 1.14. The normalized spacial score (nSPS) is 12.8. The summed E-state index contributed by atoms with van der Waals surface area (Å²) in [6, 6.07) is 43.8. The fourth-order valence-corrected chi connectivity index (χ4v) is 7.79. The lowest BCUT2D eigenvalue weighted by atomic mass is 9.34. The Morgan fingerprint density at radius 2 is 1.05 bits per heavy atom. The van der Waals surface area contributed by atoms with Crippen LogP contribution >= 0.6 is 0 Å². The number of para-hydroxylation sites is 5. The Hall–Kier alpha value is -5.53. The van der Waals surface area contributed by atoms with Crippen LogP contribution in [0.4, 0.5) is 5.69 Å². The third kappa shape index (κ3) is 2.46. The zero-order chi connectivity index (χ0) is 26.8. The van der Waals surface area contributed by atoms with Gasteiger partial charge >= 0.3 is 0 Å². The predicted octanol–water partition coefficient (Wildman–Crippen LogP) is 7.24. The zero-order valence-electron chi connectivity index (χ0n) is 22.0. The van der Waals surface area contributed by atoms with Gasteiger partial charge in [0.25, 0.3) is 6.71 Å². The molecule has 2 aliphatic heterocycles. The molecule has 186 valence electrons. The molecule has 2 aromatic heterocycles. The molecule has 0 aliphatic carbocycles. The van der Waals surface area contributed by atoms with Crippen LogP contribution in [0, 0.1) is 6.57 Å². The zero-order valence-corrected chi connectivity index (χ0v) is 22.0. The summed E-state index contributed by atoms with van der Waals surface area (Å²) in [6.45, 7) is 8.04. The van der Waals surface area contributed by atoms with E-state index in [1.54, 1.807) is 0 Å². The molecule has 0 fully saturated rings. The molecular formula is C37H20BN3. The highest BCUT2D eigenvalue weighted by Crippen LogP contribution is 2.41. The highest BCUT2D eigenvalue weighted by atomic mass is 15.0. The van der Waals surface area contributed by atoms with E-state index in [4.69, 9.17) is 6.57 Å². The SMILES string of the molecule is [C-]#[N+]c1ccccc1-c1cc2c3c(c1)-n1c4ccccc4c4cccc(c41)B3c1cccc3c4ccccc4n-2c13. The Morgan fingerprint density at radius 1 is 0.537 bits per heavy atom. The van der Waals surface area contributed by atoms with Crippen LogP contribution in [0.25, 0.3) is 71.0 Å². The number of benzene rings is 6. The molecule has 0 bridgehead atoms. The van der Waals surface area contributed by atoms with E-state index in [1.165, 1.54) is 71.4 Å². The van der Waals surface area contributed by atoms with Crippen LogP contribution in [0.1, 0.15) is 0 Å². The molecular weight excluding hydrogens is 497 g/mol. The fourth-order valence-electron chi connectivity index (χ4n) is 7.79. The molecule has 2 aliphatic rings. The van der Waals surface area contributed by atoms with Gasteiger partial charge in [0.05, 0.1) is 17.6 Å². The number of hydrogen-bond acceptors (Lipinski definition) is 0. The number of rotatable bonds is 1. The second-order valence-corrected chi connectivity index (χ2v) is 11.2. The average Bonchev–Trinajstić information content (AvgIpc) is 3.56. The summed E-state index contributed by atoms with van der Waals surface area (Å²) in [5, 5.41) is 5.12. The van der Waals surface area contributed by atoms with Gasteiger partial charge in [-0.1, -0.05) is 97.1 Å². The first-order chi connectivity index (χ1) is 20.3. The molecule has 0 saturated heterocycles. The molecule has 8 aromatic rings. The van der Waals surface area contributed by atoms with Gasteiger partial charge in [-0.05, 0) is 51.8 Å². The summed E-state index contributed by atoms with van der Waals surface area (Å²) in [4.78, 5) is 3.91. The standard InChI is InChI=1S/C37H20BN3/c1-39-30-17-5-2-10-23(30)22-20-33-35-34(21-22)41-32-19-7-4-12-25(32)27-14-9-16-29(37(27)41)38(35)28-15-8-13-26-24-11-3-6-18-31(24)40(33)36(26)28/h2-21H. The Labute approximate surface area is 236 Å². The third-order valence-electron chi connectivity index (χ3n) is 9.32. The van der Waals surface area contributed by atoms with E-state index in [-0.39, 0.29) is 6.71 Å². The molecule has 3 nitrogen and oxygen atoms in total. The van der Waals surface area contributed by atoms with E-state index in [9.17, 15) is 0 Å². The van der Waals surface area contributed by atoms with Crippen molar-refractivity contribution < 1.29 is 0 Å². The van der Waals surface area contributed by atoms with Crippen molar-refractivity contribution in [3.8, 4) is 22.5 Å². The molecule has 0 amide bonds. The van der Waals surface area contributed by atoms with Gasteiger partial charge in [0.2, 0.25) is 0 Å². The van der Waals surface area contributed by atoms with E-state index in [2.05, 4.69) is 117 Å². The van der Waals surface area contributed by atoms with Crippen molar-refractivity contribution in [2.24, 2.45) is 0 Å². The van der Waals surface area contributed by atoms with E-state index in [0.717, 1.165) is 11.1 Å². The highest BCUT2D eigenvalue weighted by molar-refractivity contribution is 7.00. The Bertz CT molecular complexity index is 2360. The molecule has 10 rings (SSSR count). The Balaban J connectivity index is 1.48. The molecule has 4 heteroatoms. The number of fused-ring (bicyclic) bond motifs is 10. The first-order valence-electron chi connectivity index (χ1n) is 14.0. The van der Waals surface area contributed by atoms with Gasteiger partial charge in [-0.25, -0.2) is 4.85 Å². The minimum Gasteiger partial charge on any atom is -0.310 e. The Morgan fingerprint density at radius 3 is 1.63 bits per heavy atom. The first-order valence-corrected chi connectivity index (χ1v) is 14.0. The van der Waals surface area contributed by atoms with Crippen LogP contribution in [0.15, 0.2) is 121 Å². The number of aromatic nitrogens is 2. The van der Waals surface area contributed by atoms with Crippen molar-refractivity contribution in [2.45, 2.75) is 0 Å². The lowest BCUT2D eigenvalue weighted by Gasteiger charge is -2.34. The second kappa shape index (κ2) is 7.35. The predicted molar refractivity (Wildman–Crippen MR) is 171 cm³/mol. The quantitative estimate of drug-likeness (QED) is 0.161. The van der Waals surface area contributed by atoms with Gasteiger partial charge in [0.1, 0.15) is 0 Å². The van der Waals surface area contributed by atoms with Gasteiger partial charge in [-0.2, -0.15) is 0 Å². The molecule has 41 heavy (non-hydrogen) atoms. The van der Waals surface area contributed by atoms with Crippen LogP contribution < -0.4 is 16.4 Å². The fraction of sp³-hybridized carbons (Fsp3) is 0. The van der Waals surface area contributed by atoms with Crippen LogP contribution in [0.2, 0.25) is 0 Å². The minimum atomic E-state index is 0.117. The number of hydrogen-bond donors (Lipinski definition) is 0.